The van der Waals surface area contributed by atoms with Crippen molar-refractivity contribution in [2.75, 3.05) is 37.6 Å². The molecule has 2 aliphatic heterocycles. The van der Waals surface area contributed by atoms with E-state index in [0.29, 0.717) is 38.0 Å². The van der Waals surface area contributed by atoms with E-state index in [-0.39, 0.29) is 36.8 Å². The van der Waals surface area contributed by atoms with Crippen LogP contribution in [-0.4, -0.2) is 81.6 Å². The molecule has 0 spiro atoms. The number of anilines is 1. The zero-order valence-corrected chi connectivity index (χ0v) is 19.0. The van der Waals surface area contributed by atoms with Crippen molar-refractivity contribution in [3.8, 4) is 0 Å². The smallest absolute Gasteiger partial charge is 0.245 e. The van der Waals surface area contributed by atoms with Crippen molar-refractivity contribution >= 4 is 17.8 Å². The van der Waals surface area contributed by atoms with Gasteiger partial charge in [0, 0.05) is 51.0 Å². The van der Waals surface area contributed by atoms with Crippen LogP contribution in [0.4, 0.5) is 10.3 Å². The molecule has 0 bridgehead atoms. The molecule has 1 aromatic heterocycles. The normalized spacial score (nSPS) is 21.1. The number of amides is 2. The van der Waals surface area contributed by atoms with Gasteiger partial charge in [0.05, 0.1) is 12.5 Å². The second-order valence-electron chi connectivity index (χ2n) is 8.97. The number of nitrogens with zero attached hydrogens (tertiary/aromatic N) is 5. The Labute approximate surface area is 193 Å². The van der Waals surface area contributed by atoms with Crippen molar-refractivity contribution in [2.24, 2.45) is 0 Å². The van der Waals surface area contributed by atoms with E-state index in [9.17, 15) is 19.1 Å². The number of likely N-dealkylation sites (tertiary alicyclic amines) is 1. The highest BCUT2D eigenvalue weighted by molar-refractivity contribution is 5.89. The van der Waals surface area contributed by atoms with Gasteiger partial charge in [-0.05, 0) is 23.6 Å². The van der Waals surface area contributed by atoms with Crippen molar-refractivity contribution < 1.29 is 19.1 Å². The largest absolute Gasteiger partial charge is 0.391 e. The Balaban J connectivity index is 1.39. The van der Waals surface area contributed by atoms with Gasteiger partial charge in [-0.3, -0.25) is 9.59 Å². The third kappa shape index (κ3) is 5.13. The van der Waals surface area contributed by atoms with E-state index in [0.717, 1.165) is 5.69 Å². The van der Waals surface area contributed by atoms with Crippen LogP contribution in [0.3, 0.4) is 0 Å². The maximum absolute atomic E-state index is 14.0. The highest BCUT2D eigenvalue weighted by atomic mass is 19.1. The summed E-state index contributed by atoms with van der Waals surface area (Å²) < 4.78 is 14.0. The number of piperazine rings is 1. The molecule has 1 aromatic carbocycles. The fourth-order valence-electron chi connectivity index (χ4n) is 4.40. The van der Waals surface area contributed by atoms with Crippen LogP contribution in [0.1, 0.15) is 37.4 Å². The lowest BCUT2D eigenvalue weighted by atomic mass is 10.1. The van der Waals surface area contributed by atoms with E-state index in [1.807, 2.05) is 6.07 Å². The van der Waals surface area contributed by atoms with E-state index in [1.54, 1.807) is 29.3 Å². The summed E-state index contributed by atoms with van der Waals surface area (Å²) in [6.45, 7) is 6.39. The Morgan fingerprint density at radius 2 is 1.88 bits per heavy atom. The number of carbonyl (C=O) groups excluding carboxylic acids is 2. The standard InChI is InChI=1S/C24H30FN5O3/c1-16(2)20-7-8-26-24(27-20)29-11-9-28(10-12-29)23(33)21-14-18(31)15-30(21)22(32)13-17-5-3-4-6-19(17)25/h3-8,16,18,21,31H,9-15H2,1-2H3. The van der Waals surface area contributed by atoms with Gasteiger partial charge in [0.1, 0.15) is 11.9 Å². The van der Waals surface area contributed by atoms with E-state index in [4.69, 9.17) is 0 Å². The highest BCUT2D eigenvalue weighted by Crippen LogP contribution is 2.23. The second kappa shape index (κ2) is 9.82. The van der Waals surface area contributed by atoms with Crippen LogP contribution in [0.2, 0.25) is 0 Å². The topological polar surface area (TPSA) is 89.9 Å². The predicted molar refractivity (Wildman–Crippen MR) is 121 cm³/mol. The molecule has 2 amide bonds. The zero-order valence-electron chi connectivity index (χ0n) is 19.0. The Morgan fingerprint density at radius 1 is 1.15 bits per heavy atom. The molecule has 0 saturated carbocycles. The van der Waals surface area contributed by atoms with Crippen LogP contribution < -0.4 is 4.90 Å². The molecule has 8 nitrogen and oxygen atoms in total. The summed E-state index contributed by atoms with van der Waals surface area (Å²) in [6, 6.07) is 7.29. The molecule has 9 heteroatoms. The molecular weight excluding hydrogens is 425 g/mol. The molecular formula is C24H30FN5O3. The summed E-state index contributed by atoms with van der Waals surface area (Å²) in [5.41, 5.74) is 1.26. The Bertz CT molecular complexity index is 1010. The molecule has 4 rings (SSSR count). The van der Waals surface area contributed by atoms with Gasteiger partial charge in [-0.1, -0.05) is 32.0 Å². The molecule has 2 unspecified atom stereocenters. The number of benzene rings is 1. The molecule has 2 aliphatic rings. The molecule has 176 valence electrons. The summed E-state index contributed by atoms with van der Waals surface area (Å²) in [5, 5.41) is 10.2. The third-order valence-corrected chi connectivity index (χ3v) is 6.31. The van der Waals surface area contributed by atoms with Crippen LogP contribution in [0.25, 0.3) is 0 Å². The Kier molecular flexibility index (Phi) is 6.88. The van der Waals surface area contributed by atoms with Gasteiger partial charge in [-0.2, -0.15) is 0 Å². The summed E-state index contributed by atoms with van der Waals surface area (Å²) in [7, 11) is 0. The van der Waals surface area contributed by atoms with Gasteiger partial charge in [0.15, 0.2) is 0 Å². The maximum Gasteiger partial charge on any atom is 0.245 e. The quantitative estimate of drug-likeness (QED) is 0.737. The number of hydrogen-bond acceptors (Lipinski definition) is 6. The SMILES string of the molecule is CC(C)c1ccnc(N2CCN(C(=O)C3CC(O)CN3C(=O)Cc3ccccc3F)CC2)n1. The van der Waals surface area contributed by atoms with Gasteiger partial charge in [-0.15, -0.1) is 0 Å². The van der Waals surface area contributed by atoms with Crippen LogP contribution in [0.5, 0.6) is 0 Å². The van der Waals surface area contributed by atoms with Gasteiger partial charge in [-0.25, -0.2) is 14.4 Å². The van der Waals surface area contributed by atoms with Crippen molar-refractivity contribution in [1.82, 2.24) is 19.8 Å². The first kappa shape index (κ1) is 23.1. The Hall–Kier alpha value is -3.07. The molecule has 0 radical (unpaired) electrons. The summed E-state index contributed by atoms with van der Waals surface area (Å²) >= 11 is 0. The summed E-state index contributed by atoms with van der Waals surface area (Å²) in [6.07, 6.45) is 1.05. The molecule has 2 aromatic rings. The molecule has 0 aliphatic carbocycles. The maximum atomic E-state index is 14.0. The number of rotatable bonds is 5. The molecule has 1 N–H and O–H groups in total. The third-order valence-electron chi connectivity index (χ3n) is 6.31. The van der Waals surface area contributed by atoms with Crippen molar-refractivity contribution in [1.29, 1.82) is 0 Å². The number of aliphatic hydroxyl groups excluding tert-OH is 1. The van der Waals surface area contributed by atoms with Crippen LogP contribution in [0.15, 0.2) is 36.5 Å². The minimum Gasteiger partial charge on any atom is -0.391 e. The fourth-order valence-corrected chi connectivity index (χ4v) is 4.40. The van der Waals surface area contributed by atoms with Crippen LogP contribution >= 0.6 is 0 Å². The Morgan fingerprint density at radius 3 is 2.58 bits per heavy atom. The van der Waals surface area contributed by atoms with Crippen LogP contribution in [-0.2, 0) is 16.0 Å². The second-order valence-corrected chi connectivity index (χ2v) is 8.97. The average Bonchev–Trinajstić information content (AvgIpc) is 3.22. The summed E-state index contributed by atoms with van der Waals surface area (Å²) in [5.74, 6) is -0.0200. The predicted octanol–water partition coefficient (Wildman–Crippen LogP) is 1.59. The van der Waals surface area contributed by atoms with Gasteiger partial charge in [0.2, 0.25) is 17.8 Å². The van der Waals surface area contributed by atoms with Gasteiger partial charge in [0.25, 0.3) is 0 Å². The summed E-state index contributed by atoms with van der Waals surface area (Å²) in [4.78, 5) is 40.4. The lowest BCUT2D eigenvalue weighted by Crippen LogP contribution is -2.55. The van der Waals surface area contributed by atoms with Crippen LogP contribution in [0, 0.1) is 5.82 Å². The minimum absolute atomic E-state index is 0.0828. The monoisotopic (exact) mass is 455 g/mol. The first-order valence-corrected chi connectivity index (χ1v) is 11.4. The fraction of sp³-hybridized carbons (Fsp3) is 0.500. The molecule has 2 saturated heterocycles. The zero-order chi connectivity index (χ0) is 23.5. The average molecular weight is 456 g/mol. The first-order valence-electron chi connectivity index (χ1n) is 11.4. The number of halogens is 1. The van der Waals surface area contributed by atoms with Gasteiger partial charge < -0.3 is 19.8 Å². The molecule has 3 heterocycles. The number of β-amino-alcohol motifs (C(OH)–C–C–N with tert-alkyl or cyclic N) is 1. The van der Waals surface area contributed by atoms with Crippen molar-refractivity contribution in [2.45, 2.75) is 44.8 Å². The van der Waals surface area contributed by atoms with Crippen molar-refractivity contribution in [3.05, 3.63) is 53.6 Å². The first-order chi connectivity index (χ1) is 15.8. The molecule has 33 heavy (non-hydrogen) atoms. The highest BCUT2D eigenvalue weighted by Gasteiger charge is 2.41. The number of aromatic nitrogens is 2. The minimum atomic E-state index is -0.767. The number of aliphatic hydroxyl groups is 1. The lowest BCUT2D eigenvalue weighted by molar-refractivity contribution is -0.143. The number of hydrogen-bond donors (Lipinski definition) is 1. The van der Waals surface area contributed by atoms with E-state index < -0.39 is 18.0 Å². The van der Waals surface area contributed by atoms with E-state index >= 15 is 0 Å². The molecule has 2 fully saturated rings. The number of carbonyl (C=O) groups is 2. The lowest BCUT2D eigenvalue weighted by Gasteiger charge is -2.37. The van der Waals surface area contributed by atoms with Gasteiger partial charge >= 0.3 is 0 Å². The molecule has 2 atom stereocenters. The van der Waals surface area contributed by atoms with Crippen molar-refractivity contribution in [3.63, 3.8) is 0 Å². The van der Waals surface area contributed by atoms with E-state index in [1.165, 1.54) is 11.0 Å². The van der Waals surface area contributed by atoms with E-state index in [2.05, 4.69) is 28.7 Å².